The van der Waals surface area contributed by atoms with Crippen molar-refractivity contribution in [2.75, 3.05) is 57.4 Å². The third-order valence-electron chi connectivity index (χ3n) is 5.34. The van der Waals surface area contributed by atoms with Gasteiger partial charge in [-0.2, -0.15) is 0 Å². The quantitative estimate of drug-likeness (QED) is 0.754. The molecule has 2 heterocycles. The second-order valence-corrected chi connectivity index (χ2v) is 7.47. The molecule has 1 saturated heterocycles. The molecule has 0 bridgehead atoms. The van der Waals surface area contributed by atoms with Crippen molar-refractivity contribution in [3.05, 3.63) is 48.5 Å². The first kappa shape index (κ1) is 20.3. The Kier molecular flexibility index (Phi) is 6.59. The monoisotopic (exact) mass is 411 g/mol. The minimum Gasteiger partial charge on any atom is -0.492 e. The van der Waals surface area contributed by atoms with Gasteiger partial charge in [0, 0.05) is 26.2 Å². The molecule has 0 aliphatic carbocycles. The van der Waals surface area contributed by atoms with Crippen molar-refractivity contribution in [2.45, 2.75) is 13.0 Å². The van der Waals surface area contributed by atoms with E-state index in [1.54, 1.807) is 0 Å². The number of hydrogen-bond acceptors (Lipinski definition) is 6. The van der Waals surface area contributed by atoms with Gasteiger partial charge in [0.25, 0.3) is 0 Å². The molecule has 30 heavy (non-hydrogen) atoms. The van der Waals surface area contributed by atoms with Crippen LogP contribution in [0.3, 0.4) is 0 Å². The van der Waals surface area contributed by atoms with Crippen LogP contribution in [0, 0.1) is 0 Å². The molecule has 0 radical (unpaired) electrons. The van der Waals surface area contributed by atoms with Gasteiger partial charge in [0.05, 0.1) is 25.4 Å². The van der Waals surface area contributed by atoms with E-state index in [9.17, 15) is 4.79 Å². The van der Waals surface area contributed by atoms with Crippen LogP contribution < -0.4 is 24.4 Å². The van der Waals surface area contributed by atoms with Crippen molar-refractivity contribution in [1.82, 2.24) is 10.2 Å². The van der Waals surface area contributed by atoms with Crippen molar-refractivity contribution in [3.63, 3.8) is 0 Å². The van der Waals surface area contributed by atoms with E-state index in [0.717, 1.165) is 49.1 Å². The summed E-state index contributed by atoms with van der Waals surface area (Å²) < 4.78 is 17.3. The van der Waals surface area contributed by atoms with E-state index >= 15 is 0 Å². The number of amides is 1. The third kappa shape index (κ3) is 4.97. The fourth-order valence-electron chi connectivity index (χ4n) is 3.79. The molecular weight excluding hydrogens is 382 g/mol. The van der Waals surface area contributed by atoms with Gasteiger partial charge in [-0.1, -0.05) is 24.3 Å². The molecule has 2 aliphatic rings. The summed E-state index contributed by atoms with van der Waals surface area (Å²) in [4.78, 5) is 16.9. The minimum atomic E-state index is -0.171. The van der Waals surface area contributed by atoms with Crippen LogP contribution in [0.25, 0.3) is 0 Å². The molecule has 1 N–H and O–H groups in total. The smallest absolute Gasteiger partial charge is 0.234 e. The average molecular weight is 412 g/mol. The number of carbonyl (C=O) groups is 1. The highest BCUT2D eigenvalue weighted by atomic mass is 16.6. The van der Waals surface area contributed by atoms with Crippen LogP contribution in [-0.4, -0.2) is 69.4 Å². The van der Waals surface area contributed by atoms with Crippen LogP contribution in [0.1, 0.15) is 6.92 Å². The largest absolute Gasteiger partial charge is 0.492 e. The lowest BCUT2D eigenvalue weighted by atomic mass is 10.2. The van der Waals surface area contributed by atoms with Gasteiger partial charge in [0.2, 0.25) is 5.91 Å². The molecule has 160 valence electrons. The number of carbonyl (C=O) groups excluding carboxylic acids is 1. The minimum absolute atomic E-state index is 0.0145. The first-order chi connectivity index (χ1) is 14.7. The SMILES string of the molecule is CCOc1ccccc1N1CCN(CC(=O)NC[C@@H]2COc3ccccc3O2)CC1. The van der Waals surface area contributed by atoms with Gasteiger partial charge < -0.3 is 24.4 Å². The topological polar surface area (TPSA) is 63.3 Å². The van der Waals surface area contributed by atoms with Gasteiger partial charge in [0.1, 0.15) is 18.5 Å². The van der Waals surface area contributed by atoms with E-state index in [-0.39, 0.29) is 12.0 Å². The Morgan fingerprint density at radius 2 is 1.80 bits per heavy atom. The summed E-state index contributed by atoms with van der Waals surface area (Å²) >= 11 is 0. The zero-order valence-corrected chi connectivity index (χ0v) is 17.4. The maximum atomic E-state index is 12.4. The second-order valence-electron chi connectivity index (χ2n) is 7.47. The third-order valence-corrected chi connectivity index (χ3v) is 5.34. The number of rotatable bonds is 7. The summed E-state index contributed by atoms with van der Waals surface area (Å²) in [5.74, 6) is 2.42. The van der Waals surface area contributed by atoms with Gasteiger partial charge in [-0.05, 0) is 31.2 Å². The van der Waals surface area contributed by atoms with Crippen molar-refractivity contribution in [2.24, 2.45) is 0 Å². The molecule has 2 aromatic rings. The summed E-state index contributed by atoms with van der Waals surface area (Å²) in [7, 11) is 0. The molecule has 4 rings (SSSR count). The number of piperazine rings is 1. The highest BCUT2D eigenvalue weighted by Gasteiger charge is 2.23. The zero-order valence-electron chi connectivity index (χ0n) is 17.4. The van der Waals surface area contributed by atoms with Crippen LogP contribution in [-0.2, 0) is 4.79 Å². The van der Waals surface area contributed by atoms with Crippen molar-refractivity contribution in [3.8, 4) is 17.2 Å². The van der Waals surface area contributed by atoms with Gasteiger partial charge >= 0.3 is 0 Å². The highest BCUT2D eigenvalue weighted by Crippen LogP contribution is 2.31. The summed E-state index contributed by atoms with van der Waals surface area (Å²) in [6.07, 6.45) is -0.171. The van der Waals surface area contributed by atoms with Gasteiger partial charge in [-0.3, -0.25) is 9.69 Å². The maximum Gasteiger partial charge on any atom is 0.234 e. The fraction of sp³-hybridized carbons (Fsp3) is 0.435. The zero-order chi connectivity index (χ0) is 20.8. The molecule has 0 saturated carbocycles. The molecule has 0 spiro atoms. The number of ether oxygens (including phenoxy) is 3. The summed E-state index contributed by atoms with van der Waals surface area (Å²) in [5.41, 5.74) is 1.12. The predicted octanol–water partition coefficient (Wildman–Crippen LogP) is 2.16. The summed E-state index contributed by atoms with van der Waals surface area (Å²) in [5, 5.41) is 2.98. The van der Waals surface area contributed by atoms with E-state index < -0.39 is 0 Å². The second kappa shape index (κ2) is 9.71. The van der Waals surface area contributed by atoms with E-state index in [1.807, 2.05) is 49.4 Å². The van der Waals surface area contributed by atoms with Crippen LogP contribution in [0.4, 0.5) is 5.69 Å². The van der Waals surface area contributed by atoms with Crippen LogP contribution in [0.5, 0.6) is 17.2 Å². The van der Waals surface area contributed by atoms with Crippen LogP contribution in [0.15, 0.2) is 48.5 Å². The number of benzene rings is 2. The lowest BCUT2D eigenvalue weighted by molar-refractivity contribution is -0.122. The summed E-state index contributed by atoms with van der Waals surface area (Å²) in [6.45, 7) is 7.33. The molecule has 2 aliphatic heterocycles. The fourth-order valence-corrected chi connectivity index (χ4v) is 3.79. The molecule has 7 heteroatoms. The Bertz CT molecular complexity index is 852. The molecular formula is C23H29N3O4. The number of para-hydroxylation sites is 4. The van der Waals surface area contributed by atoms with Crippen molar-refractivity contribution >= 4 is 11.6 Å². The van der Waals surface area contributed by atoms with Crippen molar-refractivity contribution < 1.29 is 19.0 Å². The van der Waals surface area contributed by atoms with Crippen molar-refractivity contribution in [1.29, 1.82) is 0 Å². The number of nitrogens with zero attached hydrogens (tertiary/aromatic N) is 2. The van der Waals surface area contributed by atoms with E-state index in [2.05, 4.69) is 21.2 Å². The Hall–Kier alpha value is -2.93. The highest BCUT2D eigenvalue weighted by molar-refractivity contribution is 5.78. The van der Waals surface area contributed by atoms with Gasteiger partial charge in [-0.25, -0.2) is 0 Å². The Balaban J connectivity index is 1.21. The Morgan fingerprint density at radius 1 is 1.07 bits per heavy atom. The molecule has 2 aromatic carbocycles. The molecule has 0 unspecified atom stereocenters. The Labute approximate surface area is 177 Å². The van der Waals surface area contributed by atoms with E-state index in [4.69, 9.17) is 14.2 Å². The number of nitrogens with one attached hydrogen (secondary N) is 1. The van der Waals surface area contributed by atoms with Crippen LogP contribution >= 0.6 is 0 Å². The summed E-state index contributed by atoms with van der Waals surface area (Å²) in [6, 6.07) is 15.7. The molecule has 7 nitrogen and oxygen atoms in total. The lowest BCUT2D eigenvalue weighted by Gasteiger charge is -2.36. The predicted molar refractivity (Wildman–Crippen MR) is 116 cm³/mol. The first-order valence-corrected chi connectivity index (χ1v) is 10.6. The average Bonchev–Trinajstić information content (AvgIpc) is 2.79. The number of fused-ring (bicyclic) bond motifs is 1. The molecule has 1 fully saturated rings. The van der Waals surface area contributed by atoms with E-state index in [1.165, 1.54) is 0 Å². The first-order valence-electron chi connectivity index (χ1n) is 10.6. The normalized spacial score (nSPS) is 18.7. The van der Waals surface area contributed by atoms with E-state index in [0.29, 0.717) is 26.3 Å². The maximum absolute atomic E-state index is 12.4. The number of anilines is 1. The van der Waals surface area contributed by atoms with Crippen LogP contribution in [0.2, 0.25) is 0 Å². The van der Waals surface area contributed by atoms with Gasteiger partial charge in [-0.15, -0.1) is 0 Å². The number of hydrogen-bond donors (Lipinski definition) is 1. The standard InChI is InChI=1S/C23H29N3O4/c1-2-28-20-8-4-3-7-19(20)26-13-11-25(12-14-26)16-23(27)24-15-18-17-29-21-9-5-6-10-22(21)30-18/h3-10,18H,2,11-17H2,1H3,(H,24,27)/t18-/m1/s1. The van der Waals surface area contributed by atoms with Gasteiger partial charge in [0.15, 0.2) is 11.5 Å². The Morgan fingerprint density at radius 3 is 2.60 bits per heavy atom. The molecule has 0 aromatic heterocycles. The molecule has 1 atom stereocenters. The molecule has 1 amide bonds. The lowest BCUT2D eigenvalue weighted by Crippen LogP contribution is -2.50.